The summed E-state index contributed by atoms with van der Waals surface area (Å²) in [5.41, 5.74) is 5.84. The van der Waals surface area contributed by atoms with E-state index < -0.39 is 0 Å². The second kappa shape index (κ2) is 6.35. The molecule has 1 heterocycles. The van der Waals surface area contributed by atoms with Crippen LogP contribution in [0.25, 0.3) is 0 Å². The topological polar surface area (TPSA) is 44.5 Å². The van der Waals surface area contributed by atoms with Crippen LogP contribution in [0.2, 0.25) is 0 Å². The monoisotopic (exact) mass is 187 g/mol. The molecule has 0 unspecified atom stereocenters. The Morgan fingerprint density at radius 1 is 1.46 bits per heavy atom. The summed E-state index contributed by atoms with van der Waals surface area (Å²) in [7, 11) is 0. The molecule has 0 radical (unpaired) electrons. The number of hydrogen-bond acceptors (Lipinski definition) is 3. The van der Waals surface area contributed by atoms with Crippen molar-refractivity contribution in [1.29, 1.82) is 0 Å². The fraction of sp³-hybridized carbons (Fsp3) is 1.00. The minimum Gasteiger partial charge on any atom is -0.381 e. The summed E-state index contributed by atoms with van der Waals surface area (Å²) in [6.45, 7) is 4.65. The van der Waals surface area contributed by atoms with Gasteiger partial charge in [0.15, 0.2) is 0 Å². The van der Waals surface area contributed by atoms with Gasteiger partial charge in [-0.3, -0.25) is 0 Å². The molecule has 1 fully saturated rings. The van der Waals surface area contributed by atoms with Gasteiger partial charge >= 0.3 is 0 Å². The lowest BCUT2D eigenvalue weighted by Crippen LogP contribution is -2.31. The molecule has 1 saturated heterocycles. The normalized spacial score (nSPS) is 28.2. The number of rotatable bonds is 6. The summed E-state index contributed by atoms with van der Waals surface area (Å²) < 4.78 is 10.9. The fourth-order valence-corrected chi connectivity index (χ4v) is 1.51. The largest absolute Gasteiger partial charge is 0.381 e. The second-order valence-electron chi connectivity index (χ2n) is 3.62. The number of ether oxygens (including phenoxy) is 2. The summed E-state index contributed by atoms with van der Waals surface area (Å²) in [6, 6.07) is 0.231. The summed E-state index contributed by atoms with van der Waals surface area (Å²) in [5, 5.41) is 0. The molecule has 1 aliphatic rings. The molecule has 0 amide bonds. The first-order valence-electron chi connectivity index (χ1n) is 5.29. The van der Waals surface area contributed by atoms with Gasteiger partial charge in [-0.05, 0) is 19.3 Å². The van der Waals surface area contributed by atoms with Gasteiger partial charge in [0, 0.05) is 25.9 Å². The van der Waals surface area contributed by atoms with E-state index >= 15 is 0 Å². The van der Waals surface area contributed by atoms with Crippen LogP contribution in [0, 0.1) is 0 Å². The smallest absolute Gasteiger partial charge is 0.0748 e. The molecule has 0 aromatic heterocycles. The summed E-state index contributed by atoms with van der Waals surface area (Å²) in [4.78, 5) is 0. The first-order chi connectivity index (χ1) is 6.34. The summed E-state index contributed by atoms with van der Waals surface area (Å²) in [6.07, 6.45) is 4.53. The van der Waals surface area contributed by atoms with Crippen LogP contribution in [0.3, 0.4) is 0 Å². The summed E-state index contributed by atoms with van der Waals surface area (Å²) in [5.74, 6) is 0. The third kappa shape index (κ3) is 4.07. The van der Waals surface area contributed by atoms with Crippen molar-refractivity contribution in [2.24, 2.45) is 5.73 Å². The predicted octanol–water partition coefficient (Wildman–Crippen LogP) is 1.31. The maximum atomic E-state index is 5.84. The van der Waals surface area contributed by atoms with Crippen LogP contribution < -0.4 is 5.73 Å². The van der Waals surface area contributed by atoms with E-state index in [-0.39, 0.29) is 12.1 Å². The van der Waals surface area contributed by atoms with Crippen molar-refractivity contribution in [2.45, 2.75) is 44.8 Å². The molecule has 0 aromatic rings. The van der Waals surface area contributed by atoms with Crippen molar-refractivity contribution in [1.82, 2.24) is 0 Å². The number of hydrogen-bond donors (Lipinski definition) is 1. The van der Waals surface area contributed by atoms with E-state index in [1.54, 1.807) is 0 Å². The lowest BCUT2D eigenvalue weighted by Gasteiger charge is -2.13. The molecule has 0 bridgehead atoms. The Bertz CT molecular complexity index is 130. The molecule has 1 rings (SSSR count). The SMILES string of the molecule is CCCCOCC[C@@H]1OCC[C@H]1N. The van der Waals surface area contributed by atoms with Gasteiger partial charge in [0.25, 0.3) is 0 Å². The Hall–Kier alpha value is -0.120. The van der Waals surface area contributed by atoms with Crippen LogP contribution in [0.4, 0.5) is 0 Å². The fourth-order valence-electron chi connectivity index (χ4n) is 1.51. The Morgan fingerprint density at radius 2 is 2.31 bits per heavy atom. The highest BCUT2D eigenvalue weighted by atomic mass is 16.5. The highest BCUT2D eigenvalue weighted by Gasteiger charge is 2.23. The molecule has 0 aromatic carbocycles. The van der Waals surface area contributed by atoms with Crippen LogP contribution in [-0.2, 0) is 9.47 Å². The molecule has 0 spiro atoms. The van der Waals surface area contributed by atoms with Crippen molar-refractivity contribution < 1.29 is 9.47 Å². The van der Waals surface area contributed by atoms with E-state index in [4.69, 9.17) is 15.2 Å². The molecule has 3 nitrogen and oxygen atoms in total. The van der Waals surface area contributed by atoms with Gasteiger partial charge in [-0.1, -0.05) is 13.3 Å². The zero-order valence-electron chi connectivity index (χ0n) is 8.50. The zero-order valence-corrected chi connectivity index (χ0v) is 8.50. The molecule has 13 heavy (non-hydrogen) atoms. The van der Waals surface area contributed by atoms with Crippen LogP contribution in [0.5, 0.6) is 0 Å². The van der Waals surface area contributed by atoms with Gasteiger partial charge in [-0.2, -0.15) is 0 Å². The lowest BCUT2D eigenvalue weighted by molar-refractivity contribution is 0.0539. The van der Waals surface area contributed by atoms with Crippen molar-refractivity contribution in [3.63, 3.8) is 0 Å². The molecule has 0 saturated carbocycles. The molecule has 2 N–H and O–H groups in total. The highest BCUT2D eigenvalue weighted by Crippen LogP contribution is 2.14. The average molecular weight is 187 g/mol. The third-order valence-corrected chi connectivity index (χ3v) is 2.45. The Labute approximate surface area is 80.6 Å². The van der Waals surface area contributed by atoms with Crippen molar-refractivity contribution in [2.75, 3.05) is 19.8 Å². The second-order valence-corrected chi connectivity index (χ2v) is 3.62. The minimum absolute atomic E-state index is 0.231. The van der Waals surface area contributed by atoms with Crippen molar-refractivity contribution in [3.05, 3.63) is 0 Å². The Balaban J connectivity index is 1.93. The number of unbranched alkanes of at least 4 members (excludes halogenated alkanes) is 1. The highest BCUT2D eigenvalue weighted by molar-refractivity contribution is 4.78. The van der Waals surface area contributed by atoms with Gasteiger partial charge in [0.05, 0.1) is 6.10 Å². The van der Waals surface area contributed by atoms with Crippen molar-refractivity contribution >= 4 is 0 Å². The minimum atomic E-state index is 0.231. The average Bonchev–Trinajstić information content (AvgIpc) is 2.52. The first kappa shape index (κ1) is 11.0. The summed E-state index contributed by atoms with van der Waals surface area (Å²) >= 11 is 0. The Morgan fingerprint density at radius 3 is 2.92 bits per heavy atom. The zero-order chi connectivity index (χ0) is 9.52. The van der Waals surface area contributed by atoms with E-state index in [1.165, 1.54) is 6.42 Å². The molecule has 3 heteroatoms. The predicted molar refractivity (Wildman–Crippen MR) is 52.7 cm³/mol. The van der Waals surface area contributed by atoms with Gasteiger partial charge in [-0.15, -0.1) is 0 Å². The maximum Gasteiger partial charge on any atom is 0.0748 e. The molecule has 78 valence electrons. The van der Waals surface area contributed by atoms with Crippen LogP contribution in [0.1, 0.15) is 32.6 Å². The van der Waals surface area contributed by atoms with E-state index in [2.05, 4.69) is 6.92 Å². The first-order valence-corrected chi connectivity index (χ1v) is 5.29. The van der Waals surface area contributed by atoms with E-state index in [0.717, 1.165) is 39.1 Å². The molecular weight excluding hydrogens is 166 g/mol. The third-order valence-electron chi connectivity index (χ3n) is 2.45. The molecule has 2 atom stereocenters. The van der Waals surface area contributed by atoms with Gasteiger partial charge in [0.2, 0.25) is 0 Å². The van der Waals surface area contributed by atoms with E-state index in [0.29, 0.717) is 0 Å². The Kier molecular flexibility index (Phi) is 5.35. The standard InChI is InChI=1S/C10H21NO2/c1-2-3-6-12-7-5-10-9(11)4-8-13-10/h9-10H,2-8,11H2,1H3/t9-,10+/m1/s1. The van der Waals surface area contributed by atoms with Gasteiger partial charge < -0.3 is 15.2 Å². The molecule has 1 aliphatic heterocycles. The van der Waals surface area contributed by atoms with E-state index in [1.807, 2.05) is 0 Å². The van der Waals surface area contributed by atoms with Gasteiger partial charge in [0.1, 0.15) is 0 Å². The van der Waals surface area contributed by atoms with Crippen molar-refractivity contribution in [3.8, 4) is 0 Å². The quantitative estimate of drug-likeness (QED) is 0.638. The van der Waals surface area contributed by atoms with Gasteiger partial charge in [-0.25, -0.2) is 0 Å². The maximum absolute atomic E-state index is 5.84. The number of nitrogens with two attached hydrogens (primary N) is 1. The molecule has 0 aliphatic carbocycles. The van der Waals surface area contributed by atoms with E-state index in [9.17, 15) is 0 Å². The van der Waals surface area contributed by atoms with Crippen LogP contribution in [-0.4, -0.2) is 32.0 Å². The lowest BCUT2D eigenvalue weighted by atomic mass is 10.1. The van der Waals surface area contributed by atoms with Crippen LogP contribution in [0.15, 0.2) is 0 Å². The molecular formula is C10H21NO2. The van der Waals surface area contributed by atoms with Crippen LogP contribution >= 0.6 is 0 Å².